The number of benzene rings is 1. The van der Waals surface area contributed by atoms with E-state index in [4.69, 9.17) is 2.74 Å². The molecule has 0 amide bonds. The zero-order chi connectivity index (χ0) is 14.7. The molecule has 0 N–H and O–H groups in total. The molecule has 0 nitrogen and oxygen atoms in total. The topological polar surface area (TPSA) is 0 Å². The van der Waals surface area contributed by atoms with Crippen LogP contribution in [0.5, 0.6) is 0 Å². The van der Waals surface area contributed by atoms with Gasteiger partial charge < -0.3 is 0 Å². The van der Waals surface area contributed by atoms with Gasteiger partial charge in [0.05, 0.1) is 0 Å². The van der Waals surface area contributed by atoms with E-state index in [1.165, 1.54) is 0 Å². The number of rotatable bonds is 6. The fraction of sp³-hybridized carbons (Fsp3) is 0.647. The monoisotopic (exact) mass is 234 g/mol. The van der Waals surface area contributed by atoms with Crippen LogP contribution in [-0.4, -0.2) is 0 Å². The van der Waals surface area contributed by atoms with Crippen LogP contribution < -0.4 is 0 Å². The molecule has 1 rings (SSSR count). The lowest BCUT2D eigenvalue weighted by Gasteiger charge is -2.22. The molecule has 0 spiro atoms. The van der Waals surface area contributed by atoms with Gasteiger partial charge in [-0.1, -0.05) is 45.9 Å². The van der Waals surface area contributed by atoms with Gasteiger partial charge in [0, 0.05) is 2.74 Å². The fourth-order valence-electron chi connectivity index (χ4n) is 2.66. The smallest absolute Gasteiger partial charge is 0.0352 e. The molecule has 17 heavy (non-hydrogen) atoms. The maximum absolute atomic E-state index is 8.65. The molecule has 0 aliphatic carbocycles. The highest BCUT2D eigenvalue weighted by Gasteiger charge is 2.15. The van der Waals surface area contributed by atoms with Gasteiger partial charge in [0.2, 0.25) is 0 Å². The molecule has 0 saturated heterocycles. The number of hydrogen-bond donors (Lipinski definition) is 0. The molecule has 0 aliphatic rings. The Hall–Kier alpha value is -0.780. The molecule has 0 unspecified atom stereocenters. The second kappa shape index (κ2) is 6.83. The Bertz CT molecular complexity index is 379. The standard InChI is InChI=1S/C17H28/c1-6-14(7-2)16-11-10-12-17(13(16)5)15(8-3)9-4/h10-12,14-15H,6-9H2,1-5H3/i14D,15D. The second-order valence-electron chi connectivity index (χ2n) is 4.60. The summed E-state index contributed by atoms with van der Waals surface area (Å²) in [5.41, 5.74) is 3.36. The molecule has 0 saturated carbocycles. The Morgan fingerprint density at radius 3 is 1.53 bits per heavy atom. The van der Waals surface area contributed by atoms with Gasteiger partial charge in [0.15, 0.2) is 0 Å². The van der Waals surface area contributed by atoms with E-state index in [0.717, 1.165) is 42.4 Å². The van der Waals surface area contributed by atoms with E-state index >= 15 is 0 Å². The first-order chi connectivity index (χ1) is 8.88. The van der Waals surface area contributed by atoms with E-state index in [1.807, 2.05) is 6.07 Å². The largest absolute Gasteiger partial charge is 0.0648 e. The zero-order valence-electron chi connectivity index (χ0n) is 14.1. The first-order valence-corrected chi connectivity index (χ1v) is 6.99. The maximum Gasteiger partial charge on any atom is 0.0352 e. The van der Waals surface area contributed by atoms with Gasteiger partial charge in [0.1, 0.15) is 0 Å². The molecule has 96 valence electrons. The molecular formula is C17H28. The quantitative estimate of drug-likeness (QED) is 0.583. The van der Waals surface area contributed by atoms with Crippen molar-refractivity contribution in [2.24, 2.45) is 0 Å². The van der Waals surface area contributed by atoms with Crippen LogP contribution >= 0.6 is 0 Å². The normalized spacial score (nSPS) is 14.4. The highest BCUT2D eigenvalue weighted by molar-refractivity contribution is 5.38. The minimum absolute atomic E-state index is 0.511. The molecule has 0 aliphatic heterocycles. The van der Waals surface area contributed by atoms with Crippen LogP contribution in [0.15, 0.2) is 18.2 Å². The molecule has 1 aromatic carbocycles. The average Bonchev–Trinajstić information content (AvgIpc) is 2.45. The Morgan fingerprint density at radius 2 is 1.24 bits per heavy atom. The highest BCUT2D eigenvalue weighted by Crippen LogP contribution is 2.33. The van der Waals surface area contributed by atoms with Gasteiger partial charge in [-0.25, -0.2) is 0 Å². The molecule has 0 atom stereocenters. The summed E-state index contributed by atoms with van der Waals surface area (Å²) in [6, 6.07) is 6.18. The first-order valence-electron chi connectivity index (χ1n) is 7.99. The summed E-state index contributed by atoms with van der Waals surface area (Å²) >= 11 is 0. The lowest BCUT2D eigenvalue weighted by molar-refractivity contribution is 0.617. The average molecular weight is 234 g/mol. The molecule has 0 heterocycles. The van der Waals surface area contributed by atoms with Crippen LogP contribution in [0.25, 0.3) is 0 Å². The van der Waals surface area contributed by atoms with Crippen molar-refractivity contribution in [3.63, 3.8) is 0 Å². The molecule has 0 heteroatoms. The van der Waals surface area contributed by atoms with Crippen molar-refractivity contribution < 1.29 is 2.74 Å². The van der Waals surface area contributed by atoms with Crippen molar-refractivity contribution in [2.75, 3.05) is 0 Å². The molecule has 0 fully saturated rings. The van der Waals surface area contributed by atoms with Crippen molar-refractivity contribution in [1.82, 2.24) is 0 Å². The molecule has 1 aromatic rings. The Kier molecular flexibility index (Phi) is 4.55. The summed E-state index contributed by atoms with van der Waals surface area (Å²) in [7, 11) is 0. The third kappa shape index (κ3) is 3.12. The predicted molar refractivity (Wildman–Crippen MR) is 77.8 cm³/mol. The van der Waals surface area contributed by atoms with E-state index < -0.39 is 11.8 Å². The summed E-state index contributed by atoms with van der Waals surface area (Å²) in [5, 5.41) is 0. The van der Waals surface area contributed by atoms with Gasteiger partial charge in [0.25, 0.3) is 0 Å². The third-order valence-corrected chi connectivity index (χ3v) is 3.80. The SMILES string of the molecule is [2H]C(CC)(CC)c1cccc(C([2H])(CC)CC)c1C. The van der Waals surface area contributed by atoms with Crippen LogP contribution in [-0.2, 0) is 0 Å². The predicted octanol–water partition coefficient (Wildman–Crippen LogP) is 5.80. The van der Waals surface area contributed by atoms with Crippen LogP contribution in [0.3, 0.4) is 0 Å². The van der Waals surface area contributed by atoms with Gasteiger partial charge in [-0.15, -0.1) is 0 Å². The first kappa shape index (κ1) is 11.3. The van der Waals surface area contributed by atoms with Crippen LogP contribution in [0.4, 0.5) is 0 Å². The van der Waals surface area contributed by atoms with Crippen molar-refractivity contribution in [3.8, 4) is 0 Å². The fourth-order valence-corrected chi connectivity index (χ4v) is 2.66. The lowest BCUT2D eigenvalue weighted by atomic mass is 9.83. The summed E-state index contributed by atoms with van der Waals surface area (Å²) < 4.78 is 17.3. The maximum atomic E-state index is 8.65. The molecular weight excluding hydrogens is 204 g/mol. The summed E-state index contributed by atoms with van der Waals surface area (Å²) in [4.78, 5) is 0. The Balaban J connectivity index is 3.42. The summed E-state index contributed by atoms with van der Waals surface area (Å²) in [6.45, 7) is 10.4. The van der Waals surface area contributed by atoms with E-state index in [-0.39, 0.29) is 0 Å². The van der Waals surface area contributed by atoms with Gasteiger partial charge in [-0.3, -0.25) is 0 Å². The van der Waals surface area contributed by atoms with Crippen LogP contribution in [0, 0.1) is 6.92 Å². The lowest BCUT2D eigenvalue weighted by Crippen LogP contribution is -2.05. The van der Waals surface area contributed by atoms with Gasteiger partial charge in [-0.05, 0) is 61.1 Å². The molecule has 0 radical (unpaired) electrons. The van der Waals surface area contributed by atoms with E-state index in [0.29, 0.717) is 0 Å². The van der Waals surface area contributed by atoms with Crippen LogP contribution in [0.2, 0.25) is 0 Å². The Labute approximate surface area is 110 Å². The number of hydrogen-bond acceptors (Lipinski definition) is 0. The van der Waals surface area contributed by atoms with Crippen LogP contribution in [0.1, 0.15) is 84.6 Å². The minimum Gasteiger partial charge on any atom is -0.0648 e. The van der Waals surface area contributed by atoms with E-state index in [2.05, 4.69) is 46.8 Å². The van der Waals surface area contributed by atoms with E-state index in [9.17, 15) is 0 Å². The van der Waals surface area contributed by atoms with Crippen molar-refractivity contribution >= 4 is 0 Å². The third-order valence-electron chi connectivity index (χ3n) is 3.80. The molecule has 0 aromatic heterocycles. The van der Waals surface area contributed by atoms with Crippen molar-refractivity contribution in [1.29, 1.82) is 0 Å². The minimum atomic E-state index is -0.511. The van der Waals surface area contributed by atoms with E-state index in [1.54, 1.807) is 0 Å². The van der Waals surface area contributed by atoms with Gasteiger partial charge in [-0.2, -0.15) is 0 Å². The highest BCUT2D eigenvalue weighted by atomic mass is 14.2. The second-order valence-corrected chi connectivity index (χ2v) is 4.60. The summed E-state index contributed by atoms with van der Waals surface area (Å²) in [6.07, 6.45) is 3.27. The molecule has 0 bridgehead atoms. The van der Waals surface area contributed by atoms with Gasteiger partial charge >= 0.3 is 0 Å². The Morgan fingerprint density at radius 1 is 0.882 bits per heavy atom. The zero-order valence-corrected chi connectivity index (χ0v) is 12.1. The van der Waals surface area contributed by atoms with Crippen molar-refractivity contribution in [3.05, 3.63) is 34.9 Å². The summed E-state index contributed by atoms with van der Waals surface area (Å²) in [5.74, 6) is -1.02. The van der Waals surface area contributed by atoms with Crippen molar-refractivity contribution in [2.45, 2.75) is 72.1 Å².